The maximum absolute atomic E-state index is 12.6. The minimum absolute atomic E-state index is 0.169. The smallest absolute Gasteiger partial charge is 0.410 e. The average molecular weight is 311 g/mol. The fraction of sp³-hybridized carbons (Fsp3) is 0.450. The molecule has 2 bridgehead atoms. The molecule has 23 heavy (non-hydrogen) atoms. The molecule has 0 aromatic heterocycles. The second-order valence-electron chi connectivity index (χ2n) is 6.47. The van der Waals surface area contributed by atoms with E-state index in [1.54, 1.807) is 0 Å². The Bertz CT molecular complexity index is 618. The van der Waals surface area contributed by atoms with Crippen LogP contribution in [0.3, 0.4) is 0 Å². The molecule has 1 aromatic rings. The molecule has 2 aliphatic rings. The lowest BCUT2D eigenvalue weighted by atomic mass is 9.83. The fourth-order valence-electron chi connectivity index (χ4n) is 3.59. The number of hydrogen-bond donors (Lipinski definition) is 0. The van der Waals surface area contributed by atoms with Crippen LogP contribution in [0.4, 0.5) is 4.79 Å². The second kappa shape index (κ2) is 7.03. The molecule has 1 fully saturated rings. The van der Waals surface area contributed by atoms with E-state index in [4.69, 9.17) is 4.74 Å². The standard InChI is InChI=1S/C20H25NO2/c1-3-15(2)17-12-18-10-7-11-19(13-17)21(18)20(22)23-14-16-8-5-4-6-9-16/h3-6,8-9,12,18-19H,7,10-11,13-14H2,1-2H3. The van der Waals surface area contributed by atoms with Gasteiger partial charge in [-0.15, -0.1) is 0 Å². The SMILES string of the molecule is CC=C(C)C1=CC2CCCC(C1)N2C(=O)OCc1ccccc1. The number of carbonyl (C=O) groups excluding carboxylic acids is 1. The highest BCUT2D eigenvalue weighted by molar-refractivity contribution is 5.70. The number of amides is 1. The fourth-order valence-corrected chi connectivity index (χ4v) is 3.59. The lowest BCUT2D eigenvalue weighted by molar-refractivity contribution is 0.0486. The van der Waals surface area contributed by atoms with Gasteiger partial charge in [-0.2, -0.15) is 0 Å². The van der Waals surface area contributed by atoms with Crippen molar-refractivity contribution in [2.24, 2.45) is 0 Å². The number of allylic oxidation sites excluding steroid dienone is 2. The Morgan fingerprint density at radius 2 is 2.09 bits per heavy atom. The summed E-state index contributed by atoms with van der Waals surface area (Å²) in [5.74, 6) is 0. The molecule has 0 aliphatic carbocycles. The van der Waals surface area contributed by atoms with Crippen molar-refractivity contribution < 1.29 is 9.53 Å². The second-order valence-corrected chi connectivity index (χ2v) is 6.47. The summed E-state index contributed by atoms with van der Waals surface area (Å²) in [7, 11) is 0. The van der Waals surface area contributed by atoms with Gasteiger partial charge in [0, 0.05) is 6.04 Å². The van der Waals surface area contributed by atoms with Crippen LogP contribution in [0.15, 0.2) is 53.6 Å². The van der Waals surface area contributed by atoms with Gasteiger partial charge in [0.15, 0.2) is 0 Å². The van der Waals surface area contributed by atoms with E-state index in [1.165, 1.54) is 17.6 Å². The van der Waals surface area contributed by atoms with Gasteiger partial charge in [0.05, 0.1) is 6.04 Å². The van der Waals surface area contributed by atoms with Crippen molar-refractivity contribution >= 4 is 6.09 Å². The molecule has 0 saturated carbocycles. The van der Waals surface area contributed by atoms with E-state index in [9.17, 15) is 4.79 Å². The monoisotopic (exact) mass is 311 g/mol. The van der Waals surface area contributed by atoms with E-state index in [1.807, 2.05) is 35.2 Å². The van der Waals surface area contributed by atoms with E-state index in [-0.39, 0.29) is 18.2 Å². The van der Waals surface area contributed by atoms with Crippen LogP contribution in [-0.2, 0) is 11.3 Å². The summed E-state index contributed by atoms with van der Waals surface area (Å²) in [4.78, 5) is 14.6. The molecular weight excluding hydrogens is 286 g/mol. The Morgan fingerprint density at radius 3 is 2.78 bits per heavy atom. The molecule has 0 radical (unpaired) electrons. The Hall–Kier alpha value is -2.03. The van der Waals surface area contributed by atoms with E-state index in [2.05, 4.69) is 26.0 Å². The number of benzene rings is 1. The number of hydrogen-bond acceptors (Lipinski definition) is 2. The predicted molar refractivity (Wildman–Crippen MR) is 92.0 cm³/mol. The maximum atomic E-state index is 12.6. The Labute approximate surface area is 138 Å². The van der Waals surface area contributed by atoms with Crippen LogP contribution in [0, 0.1) is 0 Å². The van der Waals surface area contributed by atoms with E-state index in [0.717, 1.165) is 24.8 Å². The molecule has 2 heterocycles. The normalized spacial score (nSPS) is 24.2. The van der Waals surface area contributed by atoms with E-state index in [0.29, 0.717) is 6.61 Å². The molecular formula is C20H25NO2. The quantitative estimate of drug-likeness (QED) is 0.799. The minimum atomic E-state index is -0.169. The Balaban J connectivity index is 1.70. The van der Waals surface area contributed by atoms with Crippen LogP contribution in [0.5, 0.6) is 0 Å². The molecule has 2 aliphatic heterocycles. The molecule has 2 unspecified atom stereocenters. The first-order valence-corrected chi connectivity index (χ1v) is 8.52. The van der Waals surface area contributed by atoms with E-state index < -0.39 is 0 Å². The average Bonchev–Trinajstić information content (AvgIpc) is 2.58. The van der Waals surface area contributed by atoms with Crippen molar-refractivity contribution in [1.29, 1.82) is 0 Å². The van der Waals surface area contributed by atoms with Gasteiger partial charge in [-0.1, -0.05) is 48.1 Å². The first-order chi connectivity index (χ1) is 11.2. The highest BCUT2D eigenvalue weighted by Crippen LogP contribution is 2.36. The summed E-state index contributed by atoms with van der Waals surface area (Å²) in [6.07, 6.45) is 8.52. The summed E-state index contributed by atoms with van der Waals surface area (Å²) in [6.45, 7) is 4.58. The topological polar surface area (TPSA) is 29.5 Å². The van der Waals surface area contributed by atoms with Gasteiger partial charge in [0.2, 0.25) is 0 Å². The van der Waals surface area contributed by atoms with Crippen molar-refractivity contribution in [3.63, 3.8) is 0 Å². The lowest BCUT2D eigenvalue weighted by Crippen LogP contribution is -2.51. The number of carbonyl (C=O) groups is 1. The van der Waals surface area contributed by atoms with Gasteiger partial charge in [-0.3, -0.25) is 4.90 Å². The Kier molecular flexibility index (Phi) is 4.85. The van der Waals surface area contributed by atoms with Gasteiger partial charge in [0.25, 0.3) is 0 Å². The maximum Gasteiger partial charge on any atom is 0.410 e. The zero-order chi connectivity index (χ0) is 16.2. The molecule has 1 amide bonds. The van der Waals surface area contributed by atoms with Gasteiger partial charge in [-0.05, 0) is 50.7 Å². The number of fused-ring (bicyclic) bond motifs is 2. The largest absolute Gasteiger partial charge is 0.445 e. The molecule has 0 spiro atoms. The first-order valence-electron chi connectivity index (χ1n) is 8.52. The molecule has 2 atom stereocenters. The Morgan fingerprint density at radius 1 is 1.30 bits per heavy atom. The molecule has 3 rings (SSSR count). The summed E-state index contributed by atoms with van der Waals surface area (Å²) >= 11 is 0. The predicted octanol–water partition coefficient (Wildman–Crippen LogP) is 4.84. The van der Waals surface area contributed by atoms with Gasteiger partial charge >= 0.3 is 6.09 Å². The molecule has 122 valence electrons. The zero-order valence-electron chi connectivity index (χ0n) is 14.0. The molecule has 1 aromatic carbocycles. The highest BCUT2D eigenvalue weighted by Gasteiger charge is 2.38. The molecule has 0 N–H and O–H groups in total. The third-order valence-corrected chi connectivity index (χ3v) is 4.99. The van der Waals surface area contributed by atoms with Gasteiger partial charge in [-0.25, -0.2) is 4.79 Å². The van der Waals surface area contributed by atoms with Crippen LogP contribution >= 0.6 is 0 Å². The highest BCUT2D eigenvalue weighted by atomic mass is 16.6. The molecule has 1 saturated heterocycles. The zero-order valence-corrected chi connectivity index (χ0v) is 14.0. The molecule has 3 nitrogen and oxygen atoms in total. The van der Waals surface area contributed by atoms with Crippen LogP contribution in [-0.4, -0.2) is 23.1 Å². The summed E-state index contributed by atoms with van der Waals surface area (Å²) < 4.78 is 5.57. The third-order valence-electron chi connectivity index (χ3n) is 4.99. The van der Waals surface area contributed by atoms with Gasteiger partial charge < -0.3 is 4.74 Å². The number of piperidine rings is 1. The van der Waals surface area contributed by atoms with Crippen molar-refractivity contribution in [2.75, 3.05) is 0 Å². The van der Waals surface area contributed by atoms with E-state index >= 15 is 0 Å². The number of nitrogens with zero attached hydrogens (tertiary/aromatic N) is 1. The van der Waals surface area contributed by atoms with Crippen molar-refractivity contribution in [3.8, 4) is 0 Å². The van der Waals surface area contributed by atoms with Crippen molar-refractivity contribution in [3.05, 3.63) is 59.2 Å². The third kappa shape index (κ3) is 3.49. The summed E-state index contributed by atoms with van der Waals surface area (Å²) in [5.41, 5.74) is 3.76. The summed E-state index contributed by atoms with van der Waals surface area (Å²) in [5, 5.41) is 0. The van der Waals surface area contributed by atoms with Crippen molar-refractivity contribution in [2.45, 2.75) is 58.2 Å². The van der Waals surface area contributed by atoms with Crippen LogP contribution in [0.25, 0.3) is 0 Å². The first kappa shape index (κ1) is 15.9. The molecule has 3 heteroatoms. The lowest BCUT2D eigenvalue weighted by Gasteiger charge is -2.44. The van der Waals surface area contributed by atoms with Gasteiger partial charge in [0.1, 0.15) is 6.61 Å². The minimum Gasteiger partial charge on any atom is -0.445 e. The number of ether oxygens (including phenoxy) is 1. The summed E-state index contributed by atoms with van der Waals surface area (Å²) in [6, 6.07) is 10.3. The van der Waals surface area contributed by atoms with Crippen LogP contribution in [0.1, 0.15) is 45.1 Å². The van der Waals surface area contributed by atoms with Crippen LogP contribution in [0.2, 0.25) is 0 Å². The van der Waals surface area contributed by atoms with Crippen LogP contribution < -0.4 is 0 Å². The number of rotatable bonds is 3. The van der Waals surface area contributed by atoms with Crippen molar-refractivity contribution in [1.82, 2.24) is 4.90 Å².